The SMILES string of the molecule is C[C@@H](Sc1nnc(-c2ccccc2F)o1)C(=O)Nc1ccc(N(C)C)cc1. The van der Waals surface area contributed by atoms with E-state index in [0.717, 1.165) is 17.4 Å². The molecule has 3 rings (SSSR count). The molecule has 0 fully saturated rings. The van der Waals surface area contributed by atoms with E-state index in [9.17, 15) is 9.18 Å². The first-order valence-corrected chi connectivity index (χ1v) is 9.15. The standard InChI is InChI=1S/C19H19FN4O2S/c1-12(17(25)21-13-8-10-14(11-9-13)24(2)3)27-19-23-22-18(26-19)15-6-4-5-7-16(15)20/h4-12H,1-3H3,(H,21,25)/t12-/m1/s1. The molecule has 1 aromatic heterocycles. The molecule has 27 heavy (non-hydrogen) atoms. The predicted molar refractivity (Wildman–Crippen MR) is 104 cm³/mol. The van der Waals surface area contributed by atoms with E-state index in [1.807, 2.05) is 43.3 Å². The largest absolute Gasteiger partial charge is 0.411 e. The van der Waals surface area contributed by atoms with Crippen molar-refractivity contribution < 1.29 is 13.6 Å². The first kappa shape index (κ1) is 18.9. The molecule has 0 radical (unpaired) electrons. The lowest BCUT2D eigenvalue weighted by atomic mass is 10.2. The fourth-order valence-corrected chi connectivity index (χ4v) is 2.98. The highest BCUT2D eigenvalue weighted by molar-refractivity contribution is 8.00. The molecule has 1 amide bonds. The van der Waals surface area contributed by atoms with E-state index in [-0.39, 0.29) is 22.6 Å². The number of aromatic nitrogens is 2. The van der Waals surface area contributed by atoms with Crippen LogP contribution in [0.4, 0.5) is 15.8 Å². The zero-order chi connectivity index (χ0) is 19.4. The number of nitrogens with one attached hydrogen (secondary N) is 1. The van der Waals surface area contributed by atoms with Crippen LogP contribution in [0.15, 0.2) is 58.2 Å². The summed E-state index contributed by atoms with van der Waals surface area (Å²) < 4.78 is 19.3. The molecule has 0 saturated heterocycles. The Hall–Kier alpha value is -2.87. The Morgan fingerprint density at radius 3 is 2.52 bits per heavy atom. The molecule has 2 aromatic carbocycles. The zero-order valence-corrected chi connectivity index (χ0v) is 16.0. The van der Waals surface area contributed by atoms with Crippen molar-refractivity contribution in [3.8, 4) is 11.5 Å². The van der Waals surface area contributed by atoms with Gasteiger partial charge in [0.25, 0.3) is 11.1 Å². The second-order valence-corrected chi connectivity index (χ2v) is 7.34. The lowest BCUT2D eigenvalue weighted by molar-refractivity contribution is -0.115. The van der Waals surface area contributed by atoms with Gasteiger partial charge in [-0.3, -0.25) is 4.79 Å². The fourth-order valence-electron chi connectivity index (χ4n) is 2.29. The molecule has 0 unspecified atom stereocenters. The maximum Gasteiger partial charge on any atom is 0.277 e. The molecule has 6 nitrogen and oxygen atoms in total. The Balaban J connectivity index is 1.62. The van der Waals surface area contributed by atoms with E-state index in [4.69, 9.17) is 4.42 Å². The number of hydrogen-bond donors (Lipinski definition) is 1. The molecule has 0 aliphatic heterocycles. The van der Waals surface area contributed by atoms with Crippen molar-refractivity contribution in [1.82, 2.24) is 10.2 Å². The minimum Gasteiger partial charge on any atom is -0.411 e. The highest BCUT2D eigenvalue weighted by Gasteiger charge is 2.20. The van der Waals surface area contributed by atoms with Crippen molar-refractivity contribution >= 4 is 29.0 Å². The van der Waals surface area contributed by atoms with E-state index in [1.54, 1.807) is 25.1 Å². The van der Waals surface area contributed by atoms with E-state index in [2.05, 4.69) is 15.5 Å². The number of rotatable bonds is 6. The van der Waals surface area contributed by atoms with Gasteiger partial charge in [-0.2, -0.15) is 0 Å². The van der Waals surface area contributed by atoms with Gasteiger partial charge in [-0.1, -0.05) is 23.9 Å². The monoisotopic (exact) mass is 386 g/mol. The Kier molecular flexibility index (Phi) is 5.75. The van der Waals surface area contributed by atoms with Crippen LogP contribution in [0.3, 0.4) is 0 Å². The maximum atomic E-state index is 13.8. The third-order valence-electron chi connectivity index (χ3n) is 3.81. The van der Waals surface area contributed by atoms with E-state index < -0.39 is 11.1 Å². The molecule has 8 heteroatoms. The van der Waals surface area contributed by atoms with Crippen LogP contribution in [0.5, 0.6) is 0 Å². The van der Waals surface area contributed by atoms with Gasteiger partial charge in [-0.15, -0.1) is 10.2 Å². The summed E-state index contributed by atoms with van der Waals surface area (Å²) in [5.41, 5.74) is 1.98. The average molecular weight is 386 g/mol. The third-order valence-corrected chi connectivity index (χ3v) is 4.74. The van der Waals surface area contributed by atoms with Gasteiger partial charge in [0.2, 0.25) is 5.91 Å². The minimum absolute atomic E-state index is 0.0856. The molecule has 1 atom stereocenters. The summed E-state index contributed by atoms with van der Waals surface area (Å²) >= 11 is 1.12. The number of thioether (sulfide) groups is 1. The summed E-state index contributed by atoms with van der Waals surface area (Å²) in [5.74, 6) is -0.546. The summed E-state index contributed by atoms with van der Waals surface area (Å²) in [6, 6.07) is 13.7. The average Bonchev–Trinajstić information content (AvgIpc) is 3.10. The van der Waals surface area contributed by atoms with Crippen molar-refractivity contribution in [2.45, 2.75) is 17.4 Å². The predicted octanol–water partition coefficient (Wildman–Crippen LogP) is 4.06. The maximum absolute atomic E-state index is 13.8. The summed E-state index contributed by atoms with van der Waals surface area (Å²) in [4.78, 5) is 14.4. The van der Waals surface area contributed by atoms with Crippen LogP contribution in [-0.4, -0.2) is 35.4 Å². The second kappa shape index (κ2) is 8.22. The quantitative estimate of drug-likeness (QED) is 0.644. The first-order chi connectivity index (χ1) is 12.9. The number of hydrogen-bond acceptors (Lipinski definition) is 6. The van der Waals surface area contributed by atoms with Crippen molar-refractivity contribution in [1.29, 1.82) is 0 Å². The summed E-state index contributed by atoms with van der Waals surface area (Å²) in [5, 5.41) is 10.3. The number of carbonyl (C=O) groups is 1. The van der Waals surface area contributed by atoms with Crippen LogP contribution in [0.25, 0.3) is 11.5 Å². The molecule has 0 saturated carbocycles. The van der Waals surface area contributed by atoms with Crippen molar-refractivity contribution in [2.75, 3.05) is 24.3 Å². The Morgan fingerprint density at radius 2 is 1.85 bits per heavy atom. The van der Waals surface area contributed by atoms with E-state index in [0.29, 0.717) is 5.69 Å². The van der Waals surface area contributed by atoms with Crippen molar-refractivity contribution in [3.05, 3.63) is 54.3 Å². The Bertz CT molecular complexity index is 927. The molecule has 0 bridgehead atoms. The van der Waals surface area contributed by atoms with Gasteiger partial charge in [-0.25, -0.2) is 4.39 Å². The summed E-state index contributed by atoms with van der Waals surface area (Å²) in [6.45, 7) is 1.74. The molecule has 1 N–H and O–H groups in total. The third kappa shape index (κ3) is 4.65. The fraction of sp³-hybridized carbons (Fsp3) is 0.211. The van der Waals surface area contributed by atoms with Gasteiger partial charge >= 0.3 is 0 Å². The Labute approximate surface area is 160 Å². The van der Waals surface area contributed by atoms with Gasteiger partial charge in [0.1, 0.15) is 5.82 Å². The number of anilines is 2. The van der Waals surface area contributed by atoms with Crippen LogP contribution in [-0.2, 0) is 4.79 Å². The van der Waals surface area contributed by atoms with Gasteiger partial charge < -0.3 is 14.6 Å². The number of halogens is 1. The van der Waals surface area contributed by atoms with Crippen LogP contribution < -0.4 is 10.2 Å². The number of benzene rings is 2. The van der Waals surface area contributed by atoms with Gasteiger partial charge in [-0.05, 0) is 43.3 Å². The first-order valence-electron chi connectivity index (χ1n) is 8.27. The van der Waals surface area contributed by atoms with Gasteiger partial charge in [0, 0.05) is 25.5 Å². The molecular weight excluding hydrogens is 367 g/mol. The van der Waals surface area contributed by atoms with Crippen LogP contribution in [0, 0.1) is 5.82 Å². The molecule has 3 aromatic rings. The van der Waals surface area contributed by atoms with Crippen molar-refractivity contribution in [2.24, 2.45) is 0 Å². The minimum atomic E-state index is -0.465. The molecule has 0 spiro atoms. The Morgan fingerprint density at radius 1 is 1.15 bits per heavy atom. The van der Waals surface area contributed by atoms with Crippen LogP contribution in [0.2, 0.25) is 0 Å². The highest BCUT2D eigenvalue weighted by Crippen LogP contribution is 2.28. The molecular formula is C19H19FN4O2S. The molecule has 0 aliphatic rings. The number of amides is 1. The second-order valence-electron chi connectivity index (χ2n) is 6.04. The number of carbonyl (C=O) groups excluding carboxylic acids is 1. The van der Waals surface area contributed by atoms with E-state index >= 15 is 0 Å². The smallest absolute Gasteiger partial charge is 0.277 e. The van der Waals surface area contributed by atoms with Gasteiger partial charge in [0.05, 0.1) is 10.8 Å². The molecule has 140 valence electrons. The zero-order valence-electron chi connectivity index (χ0n) is 15.1. The summed E-state index contributed by atoms with van der Waals surface area (Å²) in [6.07, 6.45) is 0. The molecule has 1 heterocycles. The van der Waals surface area contributed by atoms with E-state index in [1.165, 1.54) is 6.07 Å². The lowest BCUT2D eigenvalue weighted by Gasteiger charge is -2.14. The topological polar surface area (TPSA) is 71.3 Å². The van der Waals surface area contributed by atoms with Crippen molar-refractivity contribution in [3.63, 3.8) is 0 Å². The van der Waals surface area contributed by atoms with Gasteiger partial charge in [0.15, 0.2) is 0 Å². The number of nitrogens with zero attached hydrogens (tertiary/aromatic N) is 3. The lowest BCUT2D eigenvalue weighted by Crippen LogP contribution is -2.22. The highest BCUT2D eigenvalue weighted by atomic mass is 32.2. The van der Waals surface area contributed by atoms with Crippen LogP contribution in [0.1, 0.15) is 6.92 Å². The molecule has 0 aliphatic carbocycles. The normalized spacial score (nSPS) is 11.9. The van der Waals surface area contributed by atoms with Crippen LogP contribution >= 0.6 is 11.8 Å². The summed E-state index contributed by atoms with van der Waals surface area (Å²) in [7, 11) is 3.90.